The van der Waals surface area contributed by atoms with Gasteiger partial charge in [-0.1, -0.05) is 0 Å². The van der Waals surface area contributed by atoms with Crippen molar-refractivity contribution in [2.45, 2.75) is 26.8 Å². The molecule has 102 valence electrons. The van der Waals surface area contributed by atoms with Crippen LogP contribution in [-0.4, -0.2) is 29.7 Å². The van der Waals surface area contributed by atoms with E-state index in [0.29, 0.717) is 6.04 Å². The normalized spacial score (nSPS) is 10.8. The third kappa shape index (κ3) is 3.08. The fourth-order valence-electron chi connectivity index (χ4n) is 1.97. The lowest BCUT2D eigenvalue weighted by Crippen LogP contribution is -2.14. The van der Waals surface area contributed by atoms with Gasteiger partial charge in [0.2, 0.25) is 5.95 Å². The van der Waals surface area contributed by atoms with Gasteiger partial charge in [-0.25, -0.2) is 4.98 Å². The average molecular weight is 258 g/mol. The van der Waals surface area contributed by atoms with Gasteiger partial charge in [-0.3, -0.25) is 4.57 Å². The molecule has 4 heteroatoms. The molecule has 1 aromatic heterocycles. The minimum Gasteiger partial charge on any atom is -0.378 e. The Balaban J connectivity index is 2.35. The van der Waals surface area contributed by atoms with Crippen molar-refractivity contribution in [3.8, 4) is 5.69 Å². The molecule has 19 heavy (non-hydrogen) atoms. The Bertz CT molecular complexity index is 538. The van der Waals surface area contributed by atoms with Gasteiger partial charge < -0.3 is 10.2 Å². The van der Waals surface area contributed by atoms with Crippen molar-refractivity contribution in [3.05, 3.63) is 36.2 Å². The zero-order valence-corrected chi connectivity index (χ0v) is 12.3. The van der Waals surface area contributed by atoms with Crippen LogP contribution >= 0.6 is 0 Å². The minimum atomic E-state index is 0.363. The second kappa shape index (κ2) is 5.34. The second-order valence-corrected chi connectivity index (χ2v) is 5.29. The lowest BCUT2D eigenvalue weighted by molar-refractivity contribution is 0.864. The van der Waals surface area contributed by atoms with Gasteiger partial charge in [-0.2, -0.15) is 0 Å². The zero-order valence-electron chi connectivity index (χ0n) is 12.3. The number of nitrogens with one attached hydrogen (secondary N) is 1. The molecule has 4 nitrogen and oxygen atoms in total. The first-order valence-electron chi connectivity index (χ1n) is 6.57. The molecule has 0 saturated carbocycles. The molecular weight excluding hydrogens is 236 g/mol. The summed E-state index contributed by atoms with van der Waals surface area (Å²) in [7, 11) is 4.09. The van der Waals surface area contributed by atoms with Gasteiger partial charge in [0.25, 0.3) is 0 Å². The van der Waals surface area contributed by atoms with Crippen LogP contribution < -0.4 is 10.2 Å². The summed E-state index contributed by atoms with van der Waals surface area (Å²) in [5, 5.41) is 3.37. The van der Waals surface area contributed by atoms with Gasteiger partial charge in [0.05, 0.1) is 5.69 Å². The first kappa shape index (κ1) is 13.5. The van der Waals surface area contributed by atoms with Crippen LogP contribution in [0.1, 0.15) is 19.5 Å². The maximum Gasteiger partial charge on any atom is 0.207 e. The van der Waals surface area contributed by atoms with E-state index in [9.17, 15) is 0 Å². The number of aryl methyl sites for hydroxylation is 1. The molecule has 0 saturated heterocycles. The van der Waals surface area contributed by atoms with Gasteiger partial charge in [0, 0.05) is 37.7 Å². The average Bonchev–Trinajstić information content (AvgIpc) is 2.69. The summed E-state index contributed by atoms with van der Waals surface area (Å²) >= 11 is 0. The van der Waals surface area contributed by atoms with E-state index in [2.05, 4.69) is 64.1 Å². The maximum absolute atomic E-state index is 4.53. The largest absolute Gasteiger partial charge is 0.378 e. The van der Waals surface area contributed by atoms with Gasteiger partial charge in [0.1, 0.15) is 0 Å². The molecule has 0 radical (unpaired) electrons. The number of rotatable bonds is 4. The van der Waals surface area contributed by atoms with E-state index in [1.165, 1.54) is 5.69 Å². The van der Waals surface area contributed by atoms with E-state index in [0.717, 1.165) is 17.3 Å². The van der Waals surface area contributed by atoms with Crippen molar-refractivity contribution in [2.24, 2.45) is 0 Å². The van der Waals surface area contributed by atoms with Crippen LogP contribution in [0.4, 0.5) is 11.6 Å². The summed E-state index contributed by atoms with van der Waals surface area (Å²) in [6.07, 6.45) is 2.05. The second-order valence-electron chi connectivity index (χ2n) is 5.29. The predicted octanol–water partition coefficient (Wildman–Crippen LogP) is 3.07. The number of aromatic nitrogens is 2. The van der Waals surface area contributed by atoms with Crippen LogP contribution in [0.3, 0.4) is 0 Å². The van der Waals surface area contributed by atoms with Gasteiger partial charge >= 0.3 is 0 Å². The first-order valence-corrected chi connectivity index (χ1v) is 6.57. The Hall–Kier alpha value is -1.97. The molecule has 0 bridgehead atoms. The van der Waals surface area contributed by atoms with Crippen molar-refractivity contribution in [2.75, 3.05) is 24.3 Å². The van der Waals surface area contributed by atoms with Crippen LogP contribution in [0.15, 0.2) is 30.5 Å². The Morgan fingerprint density at radius 1 is 1.16 bits per heavy atom. The number of anilines is 2. The highest BCUT2D eigenvalue weighted by molar-refractivity contribution is 5.52. The highest BCUT2D eigenvalue weighted by atomic mass is 15.2. The summed E-state index contributed by atoms with van der Waals surface area (Å²) in [6.45, 7) is 6.24. The molecular formula is C15H22N4. The fourth-order valence-corrected chi connectivity index (χ4v) is 1.97. The molecule has 0 aliphatic heterocycles. The van der Waals surface area contributed by atoms with Crippen LogP contribution in [-0.2, 0) is 0 Å². The van der Waals surface area contributed by atoms with E-state index in [-0.39, 0.29) is 0 Å². The van der Waals surface area contributed by atoms with E-state index in [1.807, 2.05) is 21.0 Å². The van der Waals surface area contributed by atoms with Crippen LogP contribution in [0, 0.1) is 6.92 Å². The first-order chi connectivity index (χ1) is 8.97. The topological polar surface area (TPSA) is 33.1 Å². The fraction of sp³-hybridized carbons (Fsp3) is 0.400. The molecule has 0 aliphatic carbocycles. The molecule has 0 spiro atoms. The number of nitrogens with zero attached hydrogens (tertiary/aromatic N) is 3. The summed E-state index contributed by atoms with van der Waals surface area (Å²) in [5.74, 6) is 0.894. The molecule has 0 aliphatic rings. The minimum absolute atomic E-state index is 0.363. The van der Waals surface area contributed by atoms with E-state index >= 15 is 0 Å². The maximum atomic E-state index is 4.53. The smallest absolute Gasteiger partial charge is 0.207 e. The third-order valence-electron chi connectivity index (χ3n) is 2.89. The summed E-state index contributed by atoms with van der Waals surface area (Å²) in [4.78, 5) is 6.62. The summed E-state index contributed by atoms with van der Waals surface area (Å²) in [5.41, 5.74) is 3.33. The standard InChI is InChI=1S/C15H22N4/c1-11(2)16-15-17-12(3)10-19(15)14-8-6-13(7-9-14)18(4)5/h6-11H,1-5H3,(H,16,17). The number of hydrogen-bond donors (Lipinski definition) is 1. The molecule has 0 atom stereocenters. The Morgan fingerprint density at radius 3 is 2.32 bits per heavy atom. The van der Waals surface area contributed by atoms with Crippen molar-refractivity contribution in [1.29, 1.82) is 0 Å². The van der Waals surface area contributed by atoms with Crippen LogP contribution in [0.2, 0.25) is 0 Å². The highest BCUT2D eigenvalue weighted by Gasteiger charge is 2.08. The molecule has 0 unspecified atom stereocenters. The van der Waals surface area contributed by atoms with E-state index in [4.69, 9.17) is 0 Å². The number of imidazole rings is 1. The van der Waals surface area contributed by atoms with Gasteiger partial charge in [0.15, 0.2) is 0 Å². The van der Waals surface area contributed by atoms with Gasteiger partial charge in [-0.05, 0) is 45.0 Å². The summed E-state index contributed by atoms with van der Waals surface area (Å²) < 4.78 is 2.09. The van der Waals surface area contributed by atoms with Gasteiger partial charge in [-0.15, -0.1) is 0 Å². The quantitative estimate of drug-likeness (QED) is 0.915. The molecule has 0 amide bonds. The van der Waals surface area contributed by atoms with Crippen molar-refractivity contribution in [1.82, 2.24) is 9.55 Å². The Morgan fingerprint density at radius 2 is 1.79 bits per heavy atom. The predicted molar refractivity (Wildman–Crippen MR) is 81.4 cm³/mol. The zero-order chi connectivity index (χ0) is 14.0. The molecule has 0 fully saturated rings. The summed E-state index contributed by atoms with van der Waals surface area (Å²) in [6, 6.07) is 8.82. The molecule has 2 rings (SSSR count). The van der Waals surface area contributed by atoms with Crippen molar-refractivity contribution >= 4 is 11.6 Å². The molecule has 2 aromatic rings. The monoisotopic (exact) mass is 258 g/mol. The lowest BCUT2D eigenvalue weighted by Gasteiger charge is -2.15. The number of benzene rings is 1. The Kier molecular flexibility index (Phi) is 3.79. The molecule has 1 aromatic carbocycles. The van der Waals surface area contributed by atoms with E-state index < -0.39 is 0 Å². The molecule has 1 N–H and O–H groups in total. The number of hydrogen-bond acceptors (Lipinski definition) is 3. The van der Waals surface area contributed by atoms with Crippen molar-refractivity contribution < 1.29 is 0 Å². The van der Waals surface area contributed by atoms with Crippen LogP contribution in [0.25, 0.3) is 5.69 Å². The van der Waals surface area contributed by atoms with E-state index in [1.54, 1.807) is 0 Å². The SMILES string of the molecule is Cc1cn(-c2ccc(N(C)C)cc2)c(NC(C)C)n1. The lowest BCUT2D eigenvalue weighted by atomic mass is 10.2. The van der Waals surface area contributed by atoms with Crippen molar-refractivity contribution in [3.63, 3.8) is 0 Å². The highest BCUT2D eigenvalue weighted by Crippen LogP contribution is 2.20. The third-order valence-corrected chi connectivity index (χ3v) is 2.89. The molecule has 1 heterocycles. The van der Waals surface area contributed by atoms with Crippen LogP contribution in [0.5, 0.6) is 0 Å². The Labute approximate surface area is 115 Å².